The summed E-state index contributed by atoms with van der Waals surface area (Å²) in [7, 11) is 0. The van der Waals surface area contributed by atoms with E-state index in [2.05, 4.69) is 63.2 Å². The topological polar surface area (TPSA) is 0 Å². The zero-order valence-electron chi connectivity index (χ0n) is 17.4. The van der Waals surface area contributed by atoms with Gasteiger partial charge in [0.15, 0.2) is 0 Å². The molecule has 0 heteroatoms. The Hall–Kier alpha value is -1.82. The van der Waals surface area contributed by atoms with Gasteiger partial charge in [0.05, 0.1) is 0 Å². The van der Waals surface area contributed by atoms with Crippen molar-refractivity contribution in [3.63, 3.8) is 0 Å². The van der Waals surface area contributed by atoms with Gasteiger partial charge in [-0.15, -0.1) is 0 Å². The molecule has 27 heavy (non-hydrogen) atoms. The van der Waals surface area contributed by atoms with Gasteiger partial charge in [-0.2, -0.15) is 0 Å². The first kappa shape index (κ1) is 18.5. The van der Waals surface area contributed by atoms with Gasteiger partial charge in [-0.05, 0) is 65.8 Å². The van der Waals surface area contributed by atoms with Crippen LogP contribution in [0.2, 0.25) is 0 Å². The van der Waals surface area contributed by atoms with E-state index in [1.165, 1.54) is 79.2 Å². The predicted octanol–water partition coefficient (Wildman–Crippen LogP) is 8.09. The van der Waals surface area contributed by atoms with E-state index in [-0.39, 0.29) is 0 Å². The summed E-state index contributed by atoms with van der Waals surface area (Å²) < 4.78 is 0. The number of aryl methyl sites for hydroxylation is 1. The van der Waals surface area contributed by atoms with Crippen LogP contribution in [0, 0.1) is 12.8 Å². The quantitative estimate of drug-likeness (QED) is 0.506. The molecule has 0 aromatic heterocycles. The third kappa shape index (κ3) is 4.05. The van der Waals surface area contributed by atoms with E-state index >= 15 is 0 Å². The van der Waals surface area contributed by atoms with Crippen LogP contribution < -0.4 is 0 Å². The highest BCUT2D eigenvalue weighted by atomic mass is 14.3. The van der Waals surface area contributed by atoms with Crippen LogP contribution in [-0.4, -0.2) is 0 Å². The predicted molar refractivity (Wildman–Crippen MR) is 118 cm³/mol. The molecule has 0 amide bonds. The fourth-order valence-electron chi connectivity index (χ4n) is 5.05. The summed E-state index contributed by atoms with van der Waals surface area (Å²) in [5.41, 5.74) is 10.3. The van der Waals surface area contributed by atoms with Crippen molar-refractivity contribution >= 4 is 6.08 Å². The van der Waals surface area contributed by atoms with Crippen molar-refractivity contribution in [1.29, 1.82) is 0 Å². The van der Waals surface area contributed by atoms with Crippen LogP contribution in [0.4, 0.5) is 0 Å². The number of hydrogen-bond acceptors (Lipinski definition) is 0. The fraction of sp³-hybridized carbons (Fsp3) is 0.481. The molecule has 142 valence electrons. The first-order valence-electron chi connectivity index (χ1n) is 11.1. The first-order valence-corrected chi connectivity index (χ1v) is 11.1. The molecular formula is C27H34. The van der Waals surface area contributed by atoms with Gasteiger partial charge in [0.25, 0.3) is 0 Å². The molecule has 0 N–H and O–H groups in total. The highest BCUT2D eigenvalue weighted by Crippen LogP contribution is 2.39. The summed E-state index contributed by atoms with van der Waals surface area (Å²) in [5.74, 6) is 1.57. The van der Waals surface area contributed by atoms with Gasteiger partial charge in [0, 0.05) is 0 Å². The average Bonchev–Trinajstić information content (AvgIpc) is 3.09. The maximum absolute atomic E-state index is 2.53. The zero-order chi connectivity index (χ0) is 18.8. The molecule has 0 aliphatic heterocycles. The second-order valence-electron chi connectivity index (χ2n) is 9.00. The third-order valence-corrected chi connectivity index (χ3v) is 6.85. The number of fused-ring (bicyclic) bond motifs is 1. The number of allylic oxidation sites excluding steroid dienone is 1. The van der Waals surface area contributed by atoms with Crippen LogP contribution in [0.15, 0.2) is 42.0 Å². The van der Waals surface area contributed by atoms with Gasteiger partial charge in [-0.3, -0.25) is 0 Å². The Balaban J connectivity index is 1.61. The molecule has 0 spiro atoms. The van der Waals surface area contributed by atoms with Crippen LogP contribution >= 0.6 is 0 Å². The Morgan fingerprint density at radius 3 is 2.44 bits per heavy atom. The van der Waals surface area contributed by atoms with Crippen LogP contribution in [0.3, 0.4) is 0 Å². The van der Waals surface area contributed by atoms with E-state index in [9.17, 15) is 0 Å². The van der Waals surface area contributed by atoms with E-state index in [0.29, 0.717) is 5.92 Å². The Kier molecular flexibility index (Phi) is 5.53. The number of hydrogen-bond donors (Lipinski definition) is 0. The summed E-state index contributed by atoms with van der Waals surface area (Å²) in [6.45, 7) is 6.83. The lowest BCUT2D eigenvalue weighted by atomic mass is 9.84. The molecular weight excluding hydrogens is 324 g/mol. The molecule has 0 radical (unpaired) electrons. The minimum absolute atomic E-state index is 0.643. The van der Waals surface area contributed by atoms with Crippen molar-refractivity contribution in [2.45, 2.75) is 78.1 Å². The van der Waals surface area contributed by atoms with Crippen molar-refractivity contribution in [3.05, 3.63) is 64.2 Å². The summed E-state index contributed by atoms with van der Waals surface area (Å²) in [6, 6.07) is 14.1. The van der Waals surface area contributed by atoms with E-state index < -0.39 is 0 Å². The van der Waals surface area contributed by atoms with E-state index in [4.69, 9.17) is 0 Å². The zero-order valence-corrected chi connectivity index (χ0v) is 17.4. The maximum Gasteiger partial charge on any atom is -0.00574 e. The Morgan fingerprint density at radius 2 is 1.74 bits per heavy atom. The highest BCUT2D eigenvalue weighted by Gasteiger charge is 2.21. The maximum atomic E-state index is 2.53. The Bertz CT molecular complexity index is 816. The van der Waals surface area contributed by atoms with Gasteiger partial charge in [0.2, 0.25) is 0 Å². The largest absolute Gasteiger partial charge is 0.0649 e. The van der Waals surface area contributed by atoms with Crippen LogP contribution in [0.5, 0.6) is 0 Å². The summed E-state index contributed by atoms with van der Waals surface area (Å²) in [6.07, 6.45) is 13.4. The van der Waals surface area contributed by atoms with Crippen molar-refractivity contribution in [2.24, 2.45) is 5.92 Å². The summed E-state index contributed by atoms with van der Waals surface area (Å²) in [4.78, 5) is 0. The average molecular weight is 359 g/mol. The Labute approximate surface area is 165 Å². The van der Waals surface area contributed by atoms with Gasteiger partial charge >= 0.3 is 0 Å². The molecule has 2 aromatic carbocycles. The minimum Gasteiger partial charge on any atom is -0.0649 e. The van der Waals surface area contributed by atoms with E-state index in [1.807, 2.05) is 0 Å². The highest BCUT2D eigenvalue weighted by molar-refractivity contribution is 5.81. The molecule has 1 saturated carbocycles. The fourth-order valence-corrected chi connectivity index (χ4v) is 5.05. The van der Waals surface area contributed by atoms with E-state index in [1.54, 1.807) is 11.1 Å². The lowest BCUT2D eigenvalue weighted by molar-refractivity contribution is 0.355. The smallest absolute Gasteiger partial charge is 0.00574 e. The molecule has 0 bridgehead atoms. The molecule has 2 aliphatic carbocycles. The van der Waals surface area contributed by atoms with Gasteiger partial charge in [-0.25, -0.2) is 0 Å². The minimum atomic E-state index is 0.643. The van der Waals surface area contributed by atoms with Crippen molar-refractivity contribution in [1.82, 2.24) is 0 Å². The van der Waals surface area contributed by atoms with Gasteiger partial charge in [0.1, 0.15) is 0 Å². The lowest BCUT2D eigenvalue weighted by Crippen LogP contribution is -2.07. The number of rotatable bonds is 5. The summed E-state index contributed by atoms with van der Waals surface area (Å²) >= 11 is 0. The summed E-state index contributed by atoms with van der Waals surface area (Å²) in [5, 5.41) is 0. The third-order valence-electron chi connectivity index (χ3n) is 6.85. The monoisotopic (exact) mass is 358 g/mol. The molecule has 1 fully saturated rings. The van der Waals surface area contributed by atoms with Gasteiger partial charge < -0.3 is 0 Å². The van der Waals surface area contributed by atoms with Crippen molar-refractivity contribution < 1.29 is 0 Å². The van der Waals surface area contributed by atoms with Crippen LogP contribution in [-0.2, 0) is 6.42 Å². The molecule has 0 nitrogen and oxygen atoms in total. The van der Waals surface area contributed by atoms with Crippen molar-refractivity contribution in [2.75, 3.05) is 0 Å². The molecule has 0 saturated heterocycles. The first-order chi connectivity index (χ1) is 13.1. The van der Waals surface area contributed by atoms with Crippen LogP contribution in [0.1, 0.15) is 87.0 Å². The lowest BCUT2D eigenvalue weighted by Gasteiger charge is -2.21. The van der Waals surface area contributed by atoms with Crippen molar-refractivity contribution in [3.8, 4) is 11.1 Å². The SMILES string of the molecule is CCC(C)c1ccc(-c2cc(C)cc3c2C=C(CC2CCCCC2)C3)cc1. The molecule has 0 heterocycles. The molecule has 1 atom stereocenters. The second kappa shape index (κ2) is 8.05. The standard InChI is InChI=1S/C27H34/c1-4-20(3)23-10-12-24(13-11-23)26-15-19(2)14-25-17-22(18-27(25)26)16-21-8-6-5-7-9-21/h10-15,18,20-21H,4-9,16-17H2,1-3H3. The molecule has 2 aliphatic rings. The van der Waals surface area contributed by atoms with Gasteiger partial charge in [-0.1, -0.05) is 99.6 Å². The van der Waals surface area contributed by atoms with Crippen LogP contribution in [0.25, 0.3) is 17.2 Å². The number of benzene rings is 2. The molecule has 1 unspecified atom stereocenters. The molecule has 4 rings (SSSR count). The second-order valence-corrected chi connectivity index (χ2v) is 9.00. The normalized spacial score (nSPS) is 18.3. The van der Waals surface area contributed by atoms with E-state index in [0.717, 1.165) is 5.92 Å². The Morgan fingerprint density at radius 1 is 1.00 bits per heavy atom. The molecule has 2 aromatic rings.